The van der Waals surface area contributed by atoms with Crippen molar-refractivity contribution >= 4 is 17.6 Å². The van der Waals surface area contributed by atoms with Crippen LogP contribution in [0.2, 0.25) is 0 Å². The van der Waals surface area contributed by atoms with Crippen molar-refractivity contribution in [3.05, 3.63) is 24.0 Å². The Morgan fingerprint density at radius 3 is 2.85 bits per heavy atom. The number of nitrogens with one attached hydrogen (secondary N) is 4. The SMILES string of the molecule is Cc1cc(Nc2ccnc(NC3CCNCC3)n2)n[nH]1. The van der Waals surface area contributed by atoms with Crippen LogP contribution in [0.4, 0.5) is 17.6 Å². The van der Waals surface area contributed by atoms with Gasteiger partial charge in [-0.05, 0) is 38.9 Å². The summed E-state index contributed by atoms with van der Waals surface area (Å²) in [5.41, 5.74) is 1.01. The van der Waals surface area contributed by atoms with Crippen molar-refractivity contribution in [3.8, 4) is 0 Å². The molecule has 0 saturated carbocycles. The smallest absolute Gasteiger partial charge is 0.224 e. The molecule has 1 saturated heterocycles. The van der Waals surface area contributed by atoms with Gasteiger partial charge in [0.2, 0.25) is 5.95 Å². The summed E-state index contributed by atoms with van der Waals surface area (Å²) in [7, 11) is 0. The van der Waals surface area contributed by atoms with E-state index >= 15 is 0 Å². The van der Waals surface area contributed by atoms with Crippen molar-refractivity contribution in [2.75, 3.05) is 23.7 Å². The first-order valence-electron chi connectivity index (χ1n) is 6.89. The fourth-order valence-corrected chi connectivity index (χ4v) is 2.26. The third-order valence-electron chi connectivity index (χ3n) is 3.29. The number of piperidine rings is 1. The number of rotatable bonds is 4. The number of nitrogens with zero attached hydrogens (tertiary/aromatic N) is 3. The van der Waals surface area contributed by atoms with Crippen molar-refractivity contribution in [3.63, 3.8) is 0 Å². The average Bonchev–Trinajstić information content (AvgIpc) is 2.86. The van der Waals surface area contributed by atoms with Crippen LogP contribution in [-0.2, 0) is 0 Å². The number of hydrogen-bond acceptors (Lipinski definition) is 6. The second-order valence-electron chi connectivity index (χ2n) is 5.00. The summed E-state index contributed by atoms with van der Waals surface area (Å²) in [6.45, 7) is 4.05. The molecule has 0 spiro atoms. The molecule has 7 nitrogen and oxygen atoms in total. The van der Waals surface area contributed by atoms with E-state index in [9.17, 15) is 0 Å². The Labute approximate surface area is 117 Å². The molecule has 4 N–H and O–H groups in total. The van der Waals surface area contributed by atoms with Gasteiger partial charge in [-0.15, -0.1) is 0 Å². The molecule has 3 heterocycles. The third-order valence-corrected chi connectivity index (χ3v) is 3.29. The lowest BCUT2D eigenvalue weighted by molar-refractivity contribution is 0.477. The molecular weight excluding hydrogens is 254 g/mol. The summed E-state index contributed by atoms with van der Waals surface area (Å²) < 4.78 is 0. The minimum absolute atomic E-state index is 0.444. The van der Waals surface area contributed by atoms with Gasteiger partial charge in [0, 0.05) is 24.0 Å². The Morgan fingerprint density at radius 2 is 2.10 bits per heavy atom. The van der Waals surface area contributed by atoms with E-state index in [1.54, 1.807) is 6.20 Å². The number of hydrogen-bond donors (Lipinski definition) is 4. The average molecular weight is 273 g/mol. The maximum absolute atomic E-state index is 4.46. The molecule has 2 aromatic rings. The Bertz CT molecular complexity index is 559. The van der Waals surface area contributed by atoms with Crippen molar-refractivity contribution < 1.29 is 0 Å². The predicted molar refractivity (Wildman–Crippen MR) is 78.2 cm³/mol. The molecule has 1 aliphatic heterocycles. The van der Waals surface area contributed by atoms with Crippen LogP contribution in [0.25, 0.3) is 0 Å². The number of aromatic amines is 1. The van der Waals surface area contributed by atoms with E-state index in [0.29, 0.717) is 12.0 Å². The van der Waals surface area contributed by atoms with Crippen LogP contribution in [0.3, 0.4) is 0 Å². The molecule has 1 aliphatic rings. The van der Waals surface area contributed by atoms with Gasteiger partial charge in [-0.2, -0.15) is 10.1 Å². The quantitative estimate of drug-likeness (QED) is 0.673. The Kier molecular flexibility index (Phi) is 3.78. The van der Waals surface area contributed by atoms with Crippen molar-refractivity contribution in [2.24, 2.45) is 0 Å². The molecule has 0 radical (unpaired) electrons. The van der Waals surface area contributed by atoms with Gasteiger partial charge in [-0.3, -0.25) is 5.10 Å². The maximum Gasteiger partial charge on any atom is 0.224 e. The van der Waals surface area contributed by atoms with E-state index in [1.165, 1.54) is 0 Å². The van der Waals surface area contributed by atoms with Gasteiger partial charge in [-0.1, -0.05) is 0 Å². The maximum atomic E-state index is 4.46. The highest BCUT2D eigenvalue weighted by molar-refractivity contribution is 5.52. The van der Waals surface area contributed by atoms with E-state index in [-0.39, 0.29) is 0 Å². The lowest BCUT2D eigenvalue weighted by Crippen LogP contribution is -2.35. The minimum atomic E-state index is 0.444. The molecule has 3 rings (SSSR count). The number of aromatic nitrogens is 4. The number of aryl methyl sites for hydroxylation is 1. The van der Waals surface area contributed by atoms with Crippen LogP contribution in [0.1, 0.15) is 18.5 Å². The predicted octanol–water partition coefficient (Wildman–Crippen LogP) is 1.42. The van der Waals surface area contributed by atoms with Crippen LogP contribution in [-0.4, -0.2) is 39.3 Å². The van der Waals surface area contributed by atoms with Gasteiger partial charge in [-0.25, -0.2) is 4.98 Å². The summed E-state index contributed by atoms with van der Waals surface area (Å²) in [5.74, 6) is 2.16. The molecule has 0 amide bonds. The molecule has 0 aromatic carbocycles. The minimum Gasteiger partial charge on any atom is -0.351 e. The molecule has 0 unspecified atom stereocenters. The van der Waals surface area contributed by atoms with E-state index in [4.69, 9.17) is 0 Å². The second-order valence-corrected chi connectivity index (χ2v) is 5.00. The highest BCUT2D eigenvalue weighted by Gasteiger charge is 2.13. The lowest BCUT2D eigenvalue weighted by atomic mass is 10.1. The van der Waals surface area contributed by atoms with E-state index in [0.717, 1.165) is 43.3 Å². The number of anilines is 3. The topological polar surface area (TPSA) is 90.6 Å². The molecule has 0 atom stereocenters. The van der Waals surface area contributed by atoms with Crippen molar-refractivity contribution in [2.45, 2.75) is 25.8 Å². The fourth-order valence-electron chi connectivity index (χ4n) is 2.26. The molecule has 0 aliphatic carbocycles. The summed E-state index contributed by atoms with van der Waals surface area (Å²) >= 11 is 0. The van der Waals surface area contributed by atoms with Gasteiger partial charge < -0.3 is 16.0 Å². The highest BCUT2D eigenvalue weighted by atomic mass is 15.2. The standard InChI is InChI=1S/C13H19N7/c1-9-8-12(20-19-9)17-11-4-7-15-13(18-11)16-10-2-5-14-6-3-10/h4,7-8,10,14H,2-3,5-6H2,1H3,(H3,15,16,17,18,19,20). The van der Waals surface area contributed by atoms with E-state index in [2.05, 4.69) is 36.1 Å². The van der Waals surface area contributed by atoms with Crippen LogP contribution < -0.4 is 16.0 Å². The molecule has 2 aromatic heterocycles. The molecule has 7 heteroatoms. The largest absolute Gasteiger partial charge is 0.351 e. The van der Waals surface area contributed by atoms with E-state index in [1.807, 2.05) is 19.1 Å². The summed E-state index contributed by atoms with van der Waals surface area (Å²) in [6.07, 6.45) is 3.94. The van der Waals surface area contributed by atoms with Gasteiger partial charge in [0.15, 0.2) is 5.82 Å². The first-order valence-corrected chi connectivity index (χ1v) is 6.89. The van der Waals surface area contributed by atoms with Gasteiger partial charge in [0.05, 0.1) is 0 Å². The first kappa shape index (κ1) is 12.9. The van der Waals surface area contributed by atoms with Crippen LogP contribution in [0.15, 0.2) is 18.3 Å². The molecule has 106 valence electrons. The number of H-pyrrole nitrogens is 1. The Balaban J connectivity index is 1.65. The van der Waals surface area contributed by atoms with Gasteiger partial charge in [0.1, 0.15) is 5.82 Å². The summed E-state index contributed by atoms with van der Waals surface area (Å²) in [4.78, 5) is 8.73. The second kappa shape index (κ2) is 5.87. The normalized spacial score (nSPS) is 16.1. The molecule has 20 heavy (non-hydrogen) atoms. The Morgan fingerprint density at radius 1 is 1.25 bits per heavy atom. The van der Waals surface area contributed by atoms with Gasteiger partial charge >= 0.3 is 0 Å². The fraction of sp³-hybridized carbons (Fsp3) is 0.462. The molecule has 1 fully saturated rings. The molecular formula is C13H19N7. The molecule has 0 bridgehead atoms. The first-order chi connectivity index (χ1) is 9.79. The van der Waals surface area contributed by atoms with Crippen LogP contribution in [0.5, 0.6) is 0 Å². The van der Waals surface area contributed by atoms with Gasteiger partial charge in [0.25, 0.3) is 0 Å². The van der Waals surface area contributed by atoms with Crippen LogP contribution in [0, 0.1) is 6.92 Å². The monoisotopic (exact) mass is 273 g/mol. The lowest BCUT2D eigenvalue weighted by Gasteiger charge is -2.23. The zero-order valence-electron chi connectivity index (χ0n) is 11.5. The third kappa shape index (κ3) is 3.24. The summed E-state index contributed by atoms with van der Waals surface area (Å²) in [5, 5.41) is 16.9. The van der Waals surface area contributed by atoms with E-state index < -0.39 is 0 Å². The summed E-state index contributed by atoms with van der Waals surface area (Å²) in [6, 6.07) is 4.21. The van der Waals surface area contributed by atoms with Crippen molar-refractivity contribution in [1.29, 1.82) is 0 Å². The zero-order valence-corrected chi connectivity index (χ0v) is 11.5. The zero-order chi connectivity index (χ0) is 13.8. The Hall–Kier alpha value is -2.15. The van der Waals surface area contributed by atoms with Crippen LogP contribution >= 0.6 is 0 Å². The van der Waals surface area contributed by atoms with Crippen molar-refractivity contribution in [1.82, 2.24) is 25.5 Å². The highest BCUT2D eigenvalue weighted by Crippen LogP contribution is 2.15.